The van der Waals surface area contributed by atoms with Crippen molar-refractivity contribution >= 4 is 17.1 Å². The number of hydrogen-bond acceptors (Lipinski definition) is 6. The molecule has 8 heteroatoms. The van der Waals surface area contributed by atoms with E-state index in [0.29, 0.717) is 38.0 Å². The monoisotopic (exact) mass is 469 g/mol. The molecule has 1 aliphatic heterocycles. The number of hydrogen-bond donors (Lipinski definition) is 0. The minimum atomic E-state index is -0.604. The van der Waals surface area contributed by atoms with Gasteiger partial charge in [-0.15, -0.1) is 0 Å². The minimum Gasteiger partial charge on any atom is -0.497 e. The fourth-order valence-electron chi connectivity index (χ4n) is 5.76. The van der Waals surface area contributed by atoms with Crippen molar-refractivity contribution in [3.05, 3.63) is 59.9 Å². The average Bonchev–Trinajstić information content (AvgIpc) is 3.38. The van der Waals surface area contributed by atoms with E-state index in [9.17, 15) is 15.3 Å². The van der Waals surface area contributed by atoms with E-state index >= 15 is 0 Å². The van der Waals surface area contributed by atoms with Crippen molar-refractivity contribution in [2.45, 2.75) is 50.8 Å². The smallest absolute Gasteiger partial charge is 0.410 e. The van der Waals surface area contributed by atoms with Gasteiger partial charge in [0.05, 0.1) is 48.7 Å². The lowest BCUT2D eigenvalue weighted by atomic mass is 9.65. The van der Waals surface area contributed by atoms with Crippen LogP contribution < -0.4 is 4.74 Å². The fraction of sp³-hybridized carbons (Fsp3) is 0.407. The molecule has 178 valence electrons. The summed E-state index contributed by atoms with van der Waals surface area (Å²) < 4.78 is 13.3. The molecule has 0 N–H and O–H groups in total. The highest BCUT2D eigenvalue weighted by Gasteiger charge is 2.52. The molecule has 0 radical (unpaired) electrons. The number of carbonyl (C=O) groups is 1. The SMILES string of the molecule is COc1ccc(CN2CC3(CCCC(CC#N)(Cn4cnc5ccc(C#N)cc54)C3)OC2=O)cc1. The van der Waals surface area contributed by atoms with Gasteiger partial charge in [0.2, 0.25) is 0 Å². The molecule has 8 nitrogen and oxygen atoms in total. The van der Waals surface area contributed by atoms with Crippen molar-refractivity contribution < 1.29 is 14.3 Å². The molecule has 2 unspecified atom stereocenters. The molecule has 2 fully saturated rings. The summed E-state index contributed by atoms with van der Waals surface area (Å²) in [4.78, 5) is 19.1. The summed E-state index contributed by atoms with van der Waals surface area (Å²) in [7, 11) is 1.63. The quantitative estimate of drug-likeness (QED) is 0.514. The molecule has 1 saturated carbocycles. The number of carbonyl (C=O) groups excluding carboxylic acids is 1. The first-order valence-corrected chi connectivity index (χ1v) is 11.8. The van der Waals surface area contributed by atoms with Gasteiger partial charge in [-0.25, -0.2) is 9.78 Å². The fourth-order valence-corrected chi connectivity index (χ4v) is 5.76. The van der Waals surface area contributed by atoms with Crippen LogP contribution in [0, 0.1) is 28.1 Å². The van der Waals surface area contributed by atoms with E-state index in [1.165, 1.54) is 0 Å². The lowest BCUT2D eigenvalue weighted by Crippen LogP contribution is -2.46. The first-order valence-electron chi connectivity index (χ1n) is 11.8. The van der Waals surface area contributed by atoms with Gasteiger partial charge in [-0.1, -0.05) is 12.1 Å². The van der Waals surface area contributed by atoms with Crippen LogP contribution in [0.4, 0.5) is 4.79 Å². The van der Waals surface area contributed by atoms with Crippen LogP contribution in [-0.2, 0) is 17.8 Å². The zero-order chi connectivity index (χ0) is 24.5. The Morgan fingerprint density at radius 2 is 2.00 bits per heavy atom. The zero-order valence-corrected chi connectivity index (χ0v) is 19.7. The molecule has 1 aliphatic carbocycles. The number of benzene rings is 2. The normalized spacial score (nSPS) is 23.7. The summed E-state index contributed by atoms with van der Waals surface area (Å²) in [6, 6.07) is 17.7. The van der Waals surface area contributed by atoms with Crippen LogP contribution >= 0.6 is 0 Å². The van der Waals surface area contributed by atoms with E-state index in [1.807, 2.05) is 41.0 Å². The third-order valence-corrected chi connectivity index (χ3v) is 7.32. The summed E-state index contributed by atoms with van der Waals surface area (Å²) in [6.07, 6.45) is 4.99. The van der Waals surface area contributed by atoms with Gasteiger partial charge in [-0.3, -0.25) is 4.90 Å². The summed E-state index contributed by atoms with van der Waals surface area (Å²) >= 11 is 0. The summed E-state index contributed by atoms with van der Waals surface area (Å²) in [5.74, 6) is 0.775. The van der Waals surface area contributed by atoms with Crippen molar-refractivity contribution in [3.8, 4) is 17.9 Å². The molecule has 2 atom stereocenters. The molecule has 2 heterocycles. The van der Waals surface area contributed by atoms with Gasteiger partial charge in [0, 0.05) is 24.9 Å². The van der Waals surface area contributed by atoms with Gasteiger partial charge in [0.15, 0.2) is 0 Å². The van der Waals surface area contributed by atoms with Gasteiger partial charge in [-0.2, -0.15) is 10.5 Å². The van der Waals surface area contributed by atoms with E-state index in [-0.39, 0.29) is 11.5 Å². The second-order valence-electron chi connectivity index (χ2n) is 9.81. The number of methoxy groups -OCH3 is 1. The van der Waals surface area contributed by atoms with Crippen LogP contribution in [-0.4, -0.2) is 39.8 Å². The molecule has 35 heavy (non-hydrogen) atoms. The summed E-state index contributed by atoms with van der Waals surface area (Å²) in [6.45, 7) is 1.57. The molecular weight excluding hydrogens is 442 g/mol. The number of aromatic nitrogens is 2. The zero-order valence-electron chi connectivity index (χ0n) is 19.7. The number of imidazole rings is 1. The van der Waals surface area contributed by atoms with Gasteiger partial charge < -0.3 is 14.0 Å². The van der Waals surface area contributed by atoms with Crippen molar-refractivity contribution in [1.82, 2.24) is 14.5 Å². The first kappa shape index (κ1) is 22.7. The van der Waals surface area contributed by atoms with Gasteiger partial charge in [-0.05, 0) is 61.6 Å². The maximum atomic E-state index is 12.9. The third kappa shape index (κ3) is 4.40. The first-order chi connectivity index (χ1) is 17.0. The van der Waals surface area contributed by atoms with E-state index in [2.05, 4.69) is 17.1 Å². The molecule has 1 spiro atoms. The predicted molar refractivity (Wildman–Crippen MR) is 128 cm³/mol. The van der Waals surface area contributed by atoms with Crippen molar-refractivity contribution in [3.63, 3.8) is 0 Å². The molecule has 3 aromatic rings. The summed E-state index contributed by atoms with van der Waals surface area (Å²) in [5.41, 5.74) is 2.34. The molecule has 0 bridgehead atoms. The lowest BCUT2D eigenvalue weighted by molar-refractivity contribution is -0.0323. The summed E-state index contributed by atoms with van der Waals surface area (Å²) in [5, 5.41) is 19.1. The molecule has 1 saturated heterocycles. The predicted octanol–water partition coefficient (Wildman–Crippen LogP) is 4.78. The maximum absolute atomic E-state index is 12.9. The van der Waals surface area contributed by atoms with Crippen LogP contribution in [0.5, 0.6) is 5.75 Å². The molecule has 2 aromatic carbocycles. The highest BCUT2D eigenvalue weighted by atomic mass is 16.6. The Balaban J connectivity index is 1.38. The van der Waals surface area contributed by atoms with Gasteiger partial charge in [0.1, 0.15) is 11.4 Å². The molecule has 2 aliphatic rings. The maximum Gasteiger partial charge on any atom is 0.410 e. The minimum absolute atomic E-state index is 0.305. The number of nitrogens with zero attached hydrogens (tertiary/aromatic N) is 5. The van der Waals surface area contributed by atoms with Crippen LogP contribution in [0.25, 0.3) is 11.0 Å². The average molecular weight is 470 g/mol. The van der Waals surface area contributed by atoms with Gasteiger partial charge >= 0.3 is 6.09 Å². The van der Waals surface area contributed by atoms with Gasteiger partial charge in [0.25, 0.3) is 0 Å². The number of fused-ring (bicyclic) bond motifs is 1. The second-order valence-corrected chi connectivity index (χ2v) is 9.81. The van der Waals surface area contributed by atoms with Crippen molar-refractivity contribution in [2.75, 3.05) is 13.7 Å². The van der Waals surface area contributed by atoms with Crippen LogP contribution in [0.2, 0.25) is 0 Å². The van der Waals surface area contributed by atoms with Crippen LogP contribution in [0.3, 0.4) is 0 Å². The highest BCUT2D eigenvalue weighted by molar-refractivity contribution is 5.77. The second kappa shape index (κ2) is 8.96. The Morgan fingerprint density at radius 3 is 2.74 bits per heavy atom. The number of ether oxygens (including phenoxy) is 2. The Bertz CT molecular complexity index is 1340. The van der Waals surface area contributed by atoms with Crippen molar-refractivity contribution in [2.24, 2.45) is 5.41 Å². The lowest BCUT2D eigenvalue weighted by Gasteiger charge is -2.44. The van der Waals surface area contributed by atoms with E-state index in [1.54, 1.807) is 24.4 Å². The molecular formula is C27H27N5O3. The number of nitriles is 2. The molecule has 1 amide bonds. The van der Waals surface area contributed by atoms with Crippen LogP contribution in [0.1, 0.15) is 43.2 Å². The third-order valence-electron chi connectivity index (χ3n) is 7.32. The highest BCUT2D eigenvalue weighted by Crippen LogP contribution is 2.49. The van der Waals surface area contributed by atoms with E-state index in [4.69, 9.17) is 9.47 Å². The Kier molecular flexibility index (Phi) is 5.82. The standard InChI is InChI=1S/C27H27N5O3/c1-34-22-6-3-20(4-7-22)15-31-18-27(35-25(31)33)10-2-9-26(16-27,11-12-28)17-32-19-30-23-8-5-21(14-29)13-24(23)32/h3-8,13,19H,2,9-11,15-18H2,1H3. The Morgan fingerprint density at radius 1 is 1.17 bits per heavy atom. The molecule has 1 aromatic heterocycles. The number of amides is 1. The Hall–Kier alpha value is -4.04. The Labute approximate surface area is 204 Å². The van der Waals surface area contributed by atoms with Crippen LogP contribution in [0.15, 0.2) is 48.8 Å². The topological polar surface area (TPSA) is 104 Å². The largest absolute Gasteiger partial charge is 0.497 e. The van der Waals surface area contributed by atoms with E-state index < -0.39 is 5.60 Å². The van der Waals surface area contributed by atoms with Crippen molar-refractivity contribution in [1.29, 1.82) is 10.5 Å². The van der Waals surface area contributed by atoms with E-state index in [0.717, 1.165) is 41.6 Å². The number of rotatable bonds is 6. The molecule has 5 rings (SSSR count).